The first-order chi connectivity index (χ1) is 11.1. The zero-order chi connectivity index (χ0) is 16.8. The van der Waals surface area contributed by atoms with Crippen LogP contribution in [0, 0.1) is 6.08 Å². The van der Waals surface area contributed by atoms with Gasteiger partial charge >= 0.3 is 6.08 Å². The highest BCUT2D eigenvalue weighted by Gasteiger charge is 2.17. The van der Waals surface area contributed by atoms with Crippen LogP contribution in [-0.4, -0.2) is 30.1 Å². The zero-order valence-corrected chi connectivity index (χ0v) is 13.7. The molecule has 8 heteroatoms. The summed E-state index contributed by atoms with van der Waals surface area (Å²) in [5.74, 6) is 0.0946. The third kappa shape index (κ3) is 4.32. The summed E-state index contributed by atoms with van der Waals surface area (Å²) in [6.45, 7) is 1.78. The van der Waals surface area contributed by atoms with Crippen molar-refractivity contribution in [1.82, 2.24) is 9.97 Å². The van der Waals surface area contributed by atoms with E-state index in [1.807, 2.05) is 6.07 Å². The van der Waals surface area contributed by atoms with Crippen molar-refractivity contribution in [3.05, 3.63) is 30.3 Å². The molecule has 2 aromatic rings. The number of ether oxygens (including phenoxy) is 2. The number of hydrogen-bond acceptors (Lipinski definition) is 6. The molecular weight excluding hydrogens is 321 g/mol. The molecule has 0 aliphatic carbocycles. The van der Waals surface area contributed by atoms with Crippen molar-refractivity contribution >= 4 is 23.4 Å². The van der Waals surface area contributed by atoms with E-state index in [1.165, 1.54) is 26.0 Å². The second kappa shape index (κ2) is 7.77. The van der Waals surface area contributed by atoms with Crippen molar-refractivity contribution in [1.29, 1.82) is 0 Å². The molecule has 2 rings (SSSR count). The van der Waals surface area contributed by atoms with E-state index < -0.39 is 6.08 Å². The molecule has 1 amide bonds. The van der Waals surface area contributed by atoms with Crippen molar-refractivity contribution < 1.29 is 18.7 Å². The van der Waals surface area contributed by atoms with Crippen LogP contribution in [0.25, 0.3) is 0 Å². The van der Waals surface area contributed by atoms with Gasteiger partial charge in [0.15, 0.2) is 0 Å². The molecule has 0 spiro atoms. The summed E-state index contributed by atoms with van der Waals surface area (Å²) in [5.41, 5.74) is 0.669. The fourth-order valence-corrected chi connectivity index (χ4v) is 2.75. The number of hydrogen-bond donors (Lipinski definition) is 1. The molecule has 122 valence electrons. The van der Waals surface area contributed by atoms with Gasteiger partial charge in [-0.1, -0.05) is 24.8 Å². The molecule has 1 aromatic heterocycles. The topological polar surface area (TPSA) is 73.3 Å². The number of aromatic nitrogens is 2. The first kappa shape index (κ1) is 17.0. The number of nitrogens with zero attached hydrogens (tertiary/aromatic N) is 2. The van der Waals surface area contributed by atoms with Gasteiger partial charge in [-0.25, -0.2) is 0 Å². The fraction of sp³-hybridized carbons (Fsp3) is 0.267. The Hall–Kier alpha value is -2.35. The molecule has 1 heterocycles. The lowest BCUT2D eigenvalue weighted by Crippen LogP contribution is -2.09. The van der Waals surface area contributed by atoms with E-state index in [4.69, 9.17) is 9.47 Å². The first-order valence-electron chi connectivity index (χ1n) is 6.80. The van der Waals surface area contributed by atoms with Crippen molar-refractivity contribution in [3.8, 4) is 11.8 Å². The SMILES string of the molecule is CCC(=O)Nc1cccc(Sc2c(OC)nc(F)nc2OC)c1. The van der Waals surface area contributed by atoms with E-state index in [1.54, 1.807) is 25.1 Å². The van der Waals surface area contributed by atoms with Crippen LogP contribution in [0.15, 0.2) is 34.1 Å². The Labute approximate surface area is 137 Å². The molecule has 0 aliphatic heterocycles. The van der Waals surface area contributed by atoms with Crippen LogP contribution < -0.4 is 14.8 Å². The Kier molecular flexibility index (Phi) is 5.75. The van der Waals surface area contributed by atoms with Gasteiger partial charge in [-0.15, -0.1) is 0 Å². The van der Waals surface area contributed by atoms with Gasteiger partial charge in [0.2, 0.25) is 17.7 Å². The predicted octanol–water partition coefficient (Wildman–Crippen LogP) is 3.13. The summed E-state index contributed by atoms with van der Waals surface area (Å²) in [6, 6.07) is 7.22. The van der Waals surface area contributed by atoms with E-state index in [0.717, 1.165) is 4.90 Å². The standard InChI is InChI=1S/C15H16FN3O3S/c1-4-11(20)17-9-6-5-7-10(8-9)23-12-13(21-2)18-15(16)19-14(12)22-3/h5-8H,4H2,1-3H3,(H,17,20). The van der Waals surface area contributed by atoms with E-state index in [0.29, 0.717) is 17.0 Å². The van der Waals surface area contributed by atoms with Crippen molar-refractivity contribution in [2.45, 2.75) is 23.1 Å². The quantitative estimate of drug-likeness (QED) is 0.817. The average molecular weight is 337 g/mol. The van der Waals surface area contributed by atoms with Crippen LogP contribution in [0.5, 0.6) is 11.8 Å². The summed E-state index contributed by atoms with van der Waals surface area (Å²) in [6.07, 6.45) is -0.530. The maximum absolute atomic E-state index is 13.3. The predicted molar refractivity (Wildman–Crippen MR) is 84.6 cm³/mol. The van der Waals surface area contributed by atoms with Gasteiger partial charge in [-0.05, 0) is 18.2 Å². The molecule has 0 aliphatic rings. The average Bonchev–Trinajstić information content (AvgIpc) is 2.56. The summed E-state index contributed by atoms with van der Waals surface area (Å²) < 4.78 is 23.5. The minimum absolute atomic E-state index is 0.0765. The summed E-state index contributed by atoms with van der Waals surface area (Å²) >= 11 is 1.25. The third-order valence-corrected chi connectivity index (χ3v) is 3.86. The fourth-order valence-electron chi connectivity index (χ4n) is 1.75. The molecule has 23 heavy (non-hydrogen) atoms. The first-order valence-corrected chi connectivity index (χ1v) is 7.62. The number of methoxy groups -OCH3 is 2. The highest BCUT2D eigenvalue weighted by Crippen LogP contribution is 2.40. The lowest BCUT2D eigenvalue weighted by molar-refractivity contribution is -0.115. The lowest BCUT2D eigenvalue weighted by atomic mass is 10.3. The number of nitrogens with one attached hydrogen (secondary N) is 1. The highest BCUT2D eigenvalue weighted by molar-refractivity contribution is 7.99. The molecule has 0 saturated heterocycles. The van der Waals surface area contributed by atoms with Gasteiger partial charge in [-0.3, -0.25) is 4.79 Å². The van der Waals surface area contributed by atoms with Crippen LogP contribution in [-0.2, 0) is 4.79 Å². The van der Waals surface area contributed by atoms with E-state index in [-0.39, 0.29) is 17.7 Å². The lowest BCUT2D eigenvalue weighted by Gasteiger charge is -2.11. The largest absolute Gasteiger partial charge is 0.480 e. The van der Waals surface area contributed by atoms with E-state index in [9.17, 15) is 9.18 Å². The maximum Gasteiger partial charge on any atom is 0.315 e. The normalized spacial score (nSPS) is 10.3. The van der Waals surface area contributed by atoms with Gasteiger partial charge < -0.3 is 14.8 Å². The monoisotopic (exact) mass is 337 g/mol. The Morgan fingerprint density at radius 2 is 1.91 bits per heavy atom. The smallest absolute Gasteiger partial charge is 0.315 e. The number of carbonyl (C=O) groups is 1. The number of anilines is 1. The molecule has 0 saturated carbocycles. The number of benzene rings is 1. The second-order valence-electron chi connectivity index (χ2n) is 4.37. The highest BCUT2D eigenvalue weighted by atomic mass is 32.2. The van der Waals surface area contributed by atoms with Crippen LogP contribution in [0.1, 0.15) is 13.3 Å². The van der Waals surface area contributed by atoms with Crippen LogP contribution >= 0.6 is 11.8 Å². The molecule has 0 atom stereocenters. The molecule has 0 radical (unpaired) electrons. The Morgan fingerprint density at radius 3 is 2.48 bits per heavy atom. The minimum atomic E-state index is -0.924. The maximum atomic E-state index is 13.3. The molecule has 0 bridgehead atoms. The van der Waals surface area contributed by atoms with Crippen LogP contribution in [0.3, 0.4) is 0 Å². The summed E-state index contributed by atoms with van der Waals surface area (Å²) in [5, 5.41) is 2.78. The number of carbonyl (C=O) groups excluding carboxylic acids is 1. The third-order valence-electron chi connectivity index (χ3n) is 2.82. The van der Waals surface area contributed by atoms with E-state index in [2.05, 4.69) is 15.3 Å². The minimum Gasteiger partial charge on any atom is -0.480 e. The molecule has 0 fully saturated rings. The van der Waals surface area contributed by atoms with Gasteiger partial charge in [0.25, 0.3) is 0 Å². The molecular formula is C15H16FN3O3S. The number of amides is 1. The van der Waals surface area contributed by atoms with Crippen molar-refractivity contribution in [2.75, 3.05) is 19.5 Å². The van der Waals surface area contributed by atoms with Crippen LogP contribution in [0.2, 0.25) is 0 Å². The Balaban J connectivity index is 2.32. The molecule has 0 unspecified atom stereocenters. The second-order valence-corrected chi connectivity index (χ2v) is 5.46. The molecule has 1 aromatic carbocycles. The van der Waals surface area contributed by atoms with Gasteiger partial charge in [0.05, 0.1) is 14.2 Å². The molecule has 6 nitrogen and oxygen atoms in total. The number of rotatable bonds is 6. The van der Waals surface area contributed by atoms with Gasteiger partial charge in [0, 0.05) is 17.0 Å². The Bertz CT molecular complexity index is 687. The zero-order valence-electron chi connectivity index (χ0n) is 12.9. The van der Waals surface area contributed by atoms with E-state index >= 15 is 0 Å². The summed E-state index contributed by atoms with van der Waals surface area (Å²) in [7, 11) is 2.78. The van der Waals surface area contributed by atoms with Crippen molar-refractivity contribution in [2.24, 2.45) is 0 Å². The van der Waals surface area contributed by atoms with Gasteiger partial charge in [-0.2, -0.15) is 14.4 Å². The summed E-state index contributed by atoms with van der Waals surface area (Å²) in [4.78, 5) is 19.9. The van der Waals surface area contributed by atoms with Crippen molar-refractivity contribution in [3.63, 3.8) is 0 Å². The Morgan fingerprint density at radius 1 is 1.26 bits per heavy atom. The van der Waals surface area contributed by atoms with Crippen LogP contribution in [0.4, 0.5) is 10.1 Å². The molecule has 1 N–H and O–H groups in total. The van der Waals surface area contributed by atoms with Gasteiger partial charge in [0.1, 0.15) is 4.90 Å². The number of halogens is 1.